The van der Waals surface area contributed by atoms with E-state index in [1.165, 1.54) is 0 Å². The molecule has 0 spiro atoms. The zero-order valence-electron chi connectivity index (χ0n) is 9.32. The maximum Gasteiger partial charge on any atom is 0.378 e. The summed E-state index contributed by atoms with van der Waals surface area (Å²) >= 11 is 0. The first kappa shape index (κ1) is 19.2. The first-order valence-electron chi connectivity index (χ1n) is 4.57. The molecular weight excluding hydrogens is 324 g/mol. The van der Waals surface area contributed by atoms with Crippen molar-refractivity contribution in [3.05, 3.63) is 0 Å². The fourth-order valence-corrected chi connectivity index (χ4v) is 0.926. The lowest BCUT2D eigenvalue weighted by Crippen LogP contribution is -2.60. The molecule has 0 rings (SSSR count). The standard InChI is InChI=1S/C8H6F12/c1-4(11,12)5(13,14)2-6(15,16)8(19,20)7(17,18)3(9)10/h3H,2H2,1H3. The van der Waals surface area contributed by atoms with Gasteiger partial charge in [-0.1, -0.05) is 0 Å². The normalized spacial score (nSPS) is 15.9. The monoisotopic (exact) mass is 330 g/mol. The molecule has 0 nitrogen and oxygen atoms in total. The third-order valence-electron chi connectivity index (χ3n) is 2.24. The maximum atomic E-state index is 12.7. The topological polar surface area (TPSA) is 0 Å². The Morgan fingerprint density at radius 3 is 1.30 bits per heavy atom. The minimum Gasteiger partial charge on any atom is -0.203 e. The van der Waals surface area contributed by atoms with Gasteiger partial charge < -0.3 is 0 Å². The highest BCUT2D eigenvalue weighted by molar-refractivity contribution is 5.01. The van der Waals surface area contributed by atoms with E-state index in [0.29, 0.717) is 0 Å². The van der Waals surface area contributed by atoms with Crippen molar-refractivity contribution in [2.24, 2.45) is 0 Å². The Balaban J connectivity index is 5.55. The van der Waals surface area contributed by atoms with E-state index in [4.69, 9.17) is 0 Å². The summed E-state index contributed by atoms with van der Waals surface area (Å²) in [5.41, 5.74) is 0. The van der Waals surface area contributed by atoms with Crippen molar-refractivity contribution in [2.75, 3.05) is 0 Å². The van der Waals surface area contributed by atoms with Crippen molar-refractivity contribution >= 4 is 0 Å². The first-order chi connectivity index (χ1) is 8.40. The Labute approximate surface area is 103 Å². The second-order valence-corrected chi connectivity index (χ2v) is 3.97. The smallest absolute Gasteiger partial charge is 0.203 e. The van der Waals surface area contributed by atoms with Crippen molar-refractivity contribution in [3.63, 3.8) is 0 Å². The second kappa shape index (κ2) is 4.86. The lowest BCUT2D eigenvalue weighted by Gasteiger charge is -2.35. The molecule has 0 saturated carbocycles. The summed E-state index contributed by atoms with van der Waals surface area (Å²) in [7, 11) is 0. The van der Waals surface area contributed by atoms with Crippen molar-refractivity contribution in [3.8, 4) is 0 Å². The molecular formula is C8H6F12. The number of hydrogen-bond acceptors (Lipinski definition) is 0. The van der Waals surface area contributed by atoms with Crippen molar-refractivity contribution in [1.29, 1.82) is 0 Å². The van der Waals surface area contributed by atoms with E-state index < -0.39 is 49.4 Å². The molecule has 20 heavy (non-hydrogen) atoms. The van der Waals surface area contributed by atoms with Gasteiger partial charge in [-0.15, -0.1) is 0 Å². The van der Waals surface area contributed by atoms with Crippen LogP contribution in [0.5, 0.6) is 0 Å². The van der Waals surface area contributed by atoms with Gasteiger partial charge in [-0.3, -0.25) is 0 Å². The molecule has 122 valence electrons. The maximum absolute atomic E-state index is 12.7. The number of halogens is 12. The lowest BCUT2D eigenvalue weighted by atomic mass is 9.96. The summed E-state index contributed by atoms with van der Waals surface area (Å²) in [6.07, 6.45) is -9.03. The Hall–Kier alpha value is -0.840. The van der Waals surface area contributed by atoms with E-state index >= 15 is 0 Å². The van der Waals surface area contributed by atoms with E-state index in [-0.39, 0.29) is 0 Å². The molecule has 0 atom stereocenters. The lowest BCUT2D eigenvalue weighted by molar-refractivity contribution is -0.355. The van der Waals surface area contributed by atoms with Gasteiger partial charge in [0.25, 0.3) is 0 Å². The van der Waals surface area contributed by atoms with Crippen LogP contribution in [0.1, 0.15) is 13.3 Å². The minimum absolute atomic E-state index is 0.619. The molecule has 0 aromatic heterocycles. The molecule has 0 aliphatic rings. The molecule has 0 aromatic carbocycles. The van der Waals surface area contributed by atoms with Gasteiger partial charge in [-0.25, -0.2) is 17.6 Å². The van der Waals surface area contributed by atoms with Crippen LogP contribution in [0.4, 0.5) is 52.7 Å². The van der Waals surface area contributed by atoms with Crippen molar-refractivity contribution in [2.45, 2.75) is 49.4 Å². The molecule has 0 saturated heterocycles. The van der Waals surface area contributed by atoms with Gasteiger partial charge in [-0.2, -0.15) is 35.1 Å². The van der Waals surface area contributed by atoms with E-state index in [2.05, 4.69) is 0 Å². The molecule has 0 amide bonds. The van der Waals surface area contributed by atoms with Crippen LogP contribution in [-0.4, -0.2) is 36.0 Å². The summed E-state index contributed by atoms with van der Waals surface area (Å²) in [6, 6.07) is 0. The second-order valence-electron chi connectivity index (χ2n) is 3.97. The SMILES string of the molecule is CC(F)(F)C(F)(F)CC(F)(F)C(F)(F)C(F)(F)C(F)F. The molecule has 12 heteroatoms. The van der Waals surface area contributed by atoms with Crippen LogP contribution in [0.25, 0.3) is 0 Å². The highest BCUT2D eigenvalue weighted by Crippen LogP contribution is 2.53. The van der Waals surface area contributed by atoms with E-state index in [1.807, 2.05) is 0 Å². The van der Waals surface area contributed by atoms with Crippen molar-refractivity contribution < 1.29 is 52.7 Å². The molecule has 0 aliphatic heterocycles. The molecule has 0 aromatic rings. The van der Waals surface area contributed by atoms with Crippen LogP contribution in [0.15, 0.2) is 0 Å². The Bertz CT molecular complexity index is 338. The van der Waals surface area contributed by atoms with Gasteiger partial charge in [0.2, 0.25) is 0 Å². The summed E-state index contributed by atoms with van der Waals surface area (Å²) in [6.45, 7) is -0.619. The summed E-state index contributed by atoms with van der Waals surface area (Å²) in [5, 5.41) is 0. The molecule has 0 bridgehead atoms. The zero-order chi connectivity index (χ0) is 16.8. The number of hydrogen-bond donors (Lipinski definition) is 0. The van der Waals surface area contributed by atoms with Gasteiger partial charge in [-0.05, 0) is 0 Å². The van der Waals surface area contributed by atoms with Gasteiger partial charge in [0.05, 0.1) is 6.42 Å². The largest absolute Gasteiger partial charge is 0.378 e. The molecule has 0 heterocycles. The van der Waals surface area contributed by atoms with Crippen LogP contribution in [0.2, 0.25) is 0 Å². The molecule has 0 unspecified atom stereocenters. The van der Waals surface area contributed by atoms with Crippen LogP contribution < -0.4 is 0 Å². The highest BCUT2D eigenvalue weighted by Gasteiger charge is 2.77. The van der Waals surface area contributed by atoms with E-state index in [9.17, 15) is 52.7 Å². The van der Waals surface area contributed by atoms with Gasteiger partial charge in [0.1, 0.15) is 0 Å². The predicted octanol–water partition coefficient (Wildman–Crippen LogP) is 4.84. The number of alkyl halides is 12. The van der Waals surface area contributed by atoms with Gasteiger partial charge in [0, 0.05) is 6.92 Å². The Morgan fingerprint density at radius 2 is 1.05 bits per heavy atom. The molecule has 0 aliphatic carbocycles. The van der Waals surface area contributed by atoms with E-state index in [0.717, 1.165) is 0 Å². The van der Waals surface area contributed by atoms with Crippen LogP contribution in [0, 0.1) is 0 Å². The fraction of sp³-hybridized carbons (Fsp3) is 1.00. The van der Waals surface area contributed by atoms with Crippen molar-refractivity contribution in [1.82, 2.24) is 0 Å². The van der Waals surface area contributed by atoms with Gasteiger partial charge in [0.15, 0.2) is 0 Å². The molecule has 0 fully saturated rings. The van der Waals surface area contributed by atoms with Gasteiger partial charge >= 0.3 is 36.0 Å². The highest BCUT2D eigenvalue weighted by atomic mass is 19.4. The fourth-order valence-electron chi connectivity index (χ4n) is 0.926. The van der Waals surface area contributed by atoms with Crippen LogP contribution in [-0.2, 0) is 0 Å². The van der Waals surface area contributed by atoms with Crippen LogP contribution >= 0.6 is 0 Å². The number of rotatable bonds is 6. The van der Waals surface area contributed by atoms with E-state index in [1.54, 1.807) is 0 Å². The zero-order valence-corrected chi connectivity index (χ0v) is 9.32. The predicted molar refractivity (Wildman–Crippen MR) is 41.0 cm³/mol. The third-order valence-corrected chi connectivity index (χ3v) is 2.24. The van der Waals surface area contributed by atoms with Crippen LogP contribution in [0.3, 0.4) is 0 Å². The quantitative estimate of drug-likeness (QED) is 0.612. The average Bonchev–Trinajstić information content (AvgIpc) is 2.12. The summed E-state index contributed by atoms with van der Waals surface area (Å²) < 4.78 is 148. The Morgan fingerprint density at radius 1 is 0.700 bits per heavy atom. The molecule has 0 radical (unpaired) electrons. The third kappa shape index (κ3) is 3.08. The molecule has 0 N–H and O–H groups in total. The first-order valence-corrected chi connectivity index (χ1v) is 4.57. The summed E-state index contributed by atoms with van der Waals surface area (Å²) in [5.74, 6) is -31.2. The summed E-state index contributed by atoms with van der Waals surface area (Å²) in [4.78, 5) is 0. The minimum atomic E-state index is -6.94. The average molecular weight is 330 g/mol. The Kier molecular flexibility index (Phi) is 4.66.